The van der Waals surface area contributed by atoms with Crippen LogP contribution in [0, 0.1) is 17.6 Å². The normalized spacial score (nSPS) is 23.7. The van der Waals surface area contributed by atoms with E-state index in [4.69, 9.17) is 0 Å². The molecule has 0 amide bonds. The van der Waals surface area contributed by atoms with Gasteiger partial charge in [-0.2, -0.15) is 0 Å². The molecule has 1 aromatic rings. The van der Waals surface area contributed by atoms with Gasteiger partial charge in [0.2, 0.25) is 10.0 Å². The van der Waals surface area contributed by atoms with Crippen molar-refractivity contribution >= 4 is 10.0 Å². The molecule has 4 nitrogen and oxygen atoms in total. The molecule has 1 atom stereocenters. The van der Waals surface area contributed by atoms with Crippen molar-refractivity contribution in [1.29, 1.82) is 0 Å². The molecule has 2 heterocycles. The standard InChI is InChI=1S/C16H22F2N2O2S/c1-23(21,22)20-5-2-3-12(10-20)9-19-6-4-15-13(11-19)7-14(17)8-16(15)18/h7-8,12H,2-6,9-11H2,1H3. The molecule has 23 heavy (non-hydrogen) atoms. The number of benzene rings is 1. The molecule has 0 radical (unpaired) electrons. The number of hydrogen-bond donors (Lipinski definition) is 0. The highest BCUT2D eigenvalue weighted by Crippen LogP contribution is 2.26. The number of rotatable bonds is 3. The summed E-state index contributed by atoms with van der Waals surface area (Å²) < 4.78 is 52.1. The number of fused-ring (bicyclic) bond motifs is 1. The summed E-state index contributed by atoms with van der Waals surface area (Å²) in [6.45, 7) is 3.15. The maximum atomic E-state index is 13.8. The largest absolute Gasteiger partial charge is 0.298 e. The fourth-order valence-electron chi connectivity index (χ4n) is 3.67. The van der Waals surface area contributed by atoms with E-state index in [0.717, 1.165) is 32.0 Å². The topological polar surface area (TPSA) is 40.6 Å². The van der Waals surface area contributed by atoms with Crippen LogP contribution in [-0.2, 0) is 23.0 Å². The molecule has 1 fully saturated rings. The first kappa shape index (κ1) is 16.8. The summed E-state index contributed by atoms with van der Waals surface area (Å²) in [7, 11) is -3.14. The van der Waals surface area contributed by atoms with E-state index in [9.17, 15) is 17.2 Å². The predicted octanol–water partition coefficient (Wildman–Crippen LogP) is 1.99. The van der Waals surface area contributed by atoms with Crippen molar-refractivity contribution in [1.82, 2.24) is 9.21 Å². The second-order valence-electron chi connectivity index (χ2n) is 6.64. The first-order chi connectivity index (χ1) is 10.8. The van der Waals surface area contributed by atoms with E-state index < -0.39 is 21.7 Å². The first-order valence-electron chi connectivity index (χ1n) is 7.97. The van der Waals surface area contributed by atoms with E-state index in [0.29, 0.717) is 37.2 Å². The van der Waals surface area contributed by atoms with Crippen LogP contribution >= 0.6 is 0 Å². The summed E-state index contributed by atoms with van der Waals surface area (Å²) in [4.78, 5) is 2.18. The van der Waals surface area contributed by atoms with E-state index in [1.165, 1.54) is 12.3 Å². The zero-order valence-electron chi connectivity index (χ0n) is 13.3. The van der Waals surface area contributed by atoms with Crippen LogP contribution in [0.1, 0.15) is 24.0 Å². The van der Waals surface area contributed by atoms with Gasteiger partial charge in [-0.3, -0.25) is 4.90 Å². The molecule has 0 aliphatic carbocycles. The van der Waals surface area contributed by atoms with Crippen LogP contribution < -0.4 is 0 Å². The van der Waals surface area contributed by atoms with E-state index in [-0.39, 0.29) is 5.92 Å². The molecule has 128 valence electrons. The molecule has 0 bridgehead atoms. The zero-order valence-corrected chi connectivity index (χ0v) is 14.1. The first-order valence-corrected chi connectivity index (χ1v) is 9.82. The summed E-state index contributed by atoms with van der Waals surface area (Å²) >= 11 is 0. The molecule has 0 aromatic heterocycles. The number of piperidine rings is 1. The average Bonchev–Trinajstić information content (AvgIpc) is 2.46. The molecule has 1 unspecified atom stereocenters. The third-order valence-corrected chi connectivity index (χ3v) is 6.06. The van der Waals surface area contributed by atoms with Gasteiger partial charge in [-0.05, 0) is 42.4 Å². The lowest BCUT2D eigenvalue weighted by atomic mass is 9.95. The Morgan fingerprint density at radius 2 is 2.04 bits per heavy atom. The Hall–Kier alpha value is -1.05. The molecule has 1 aromatic carbocycles. The van der Waals surface area contributed by atoms with Gasteiger partial charge in [-0.1, -0.05) is 0 Å². The van der Waals surface area contributed by atoms with Gasteiger partial charge in [0.25, 0.3) is 0 Å². The van der Waals surface area contributed by atoms with Crippen molar-refractivity contribution in [2.24, 2.45) is 5.92 Å². The van der Waals surface area contributed by atoms with Gasteiger partial charge < -0.3 is 0 Å². The quantitative estimate of drug-likeness (QED) is 0.842. The van der Waals surface area contributed by atoms with Crippen molar-refractivity contribution in [3.8, 4) is 0 Å². The van der Waals surface area contributed by atoms with Crippen LogP contribution in [0.3, 0.4) is 0 Å². The molecule has 2 aliphatic rings. The molecule has 1 saturated heterocycles. The molecular weight excluding hydrogens is 322 g/mol. The van der Waals surface area contributed by atoms with Crippen molar-refractivity contribution in [2.75, 3.05) is 32.4 Å². The Morgan fingerprint density at radius 3 is 2.78 bits per heavy atom. The number of nitrogens with zero attached hydrogens (tertiary/aromatic N) is 2. The SMILES string of the molecule is CS(=O)(=O)N1CCCC(CN2CCc3c(F)cc(F)cc3C2)C1. The Kier molecular flexibility index (Phi) is 4.71. The van der Waals surface area contributed by atoms with Gasteiger partial charge >= 0.3 is 0 Å². The Balaban J connectivity index is 1.65. The average molecular weight is 344 g/mol. The summed E-state index contributed by atoms with van der Waals surface area (Å²) in [6.07, 6.45) is 3.68. The summed E-state index contributed by atoms with van der Waals surface area (Å²) in [5.41, 5.74) is 1.33. The third kappa shape index (κ3) is 3.89. The minimum absolute atomic E-state index is 0.276. The van der Waals surface area contributed by atoms with Gasteiger partial charge in [0, 0.05) is 38.8 Å². The Morgan fingerprint density at radius 1 is 1.26 bits per heavy atom. The highest BCUT2D eigenvalue weighted by Gasteiger charge is 2.28. The second-order valence-corrected chi connectivity index (χ2v) is 8.62. The smallest absolute Gasteiger partial charge is 0.211 e. The third-order valence-electron chi connectivity index (χ3n) is 4.79. The molecular formula is C16H22F2N2O2S. The van der Waals surface area contributed by atoms with Crippen molar-refractivity contribution in [2.45, 2.75) is 25.8 Å². The number of halogens is 2. The molecule has 7 heteroatoms. The van der Waals surface area contributed by atoms with Gasteiger partial charge in [-0.15, -0.1) is 0 Å². The molecule has 0 saturated carbocycles. The summed E-state index contributed by atoms with van der Waals surface area (Å²) in [5.74, 6) is -0.719. The molecule has 0 N–H and O–H groups in total. The lowest BCUT2D eigenvalue weighted by molar-refractivity contribution is 0.166. The van der Waals surface area contributed by atoms with Crippen LogP contribution in [0.5, 0.6) is 0 Å². The lowest BCUT2D eigenvalue weighted by Crippen LogP contribution is -2.44. The minimum Gasteiger partial charge on any atom is -0.298 e. The number of sulfonamides is 1. The monoisotopic (exact) mass is 344 g/mol. The molecule has 3 rings (SSSR count). The zero-order chi connectivity index (χ0) is 16.6. The van der Waals surface area contributed by atoms with Crippen LogP contribution in [0.15, 0.2) is 12.1 Å². The fraction of sp³-hybridized carbons (Fsp3) is 0.625. The van der Waals surface area contributed by atoms with Crippen molar-refractivity contribution in [3.05, 3.63) is 34.9 Å². The van der Waals surface area contributed by atoms with Crippen LogP contribution in [0.25, 0.3) is 0 Å². The van der Waals surface area contributed by atoms with Crippen LogP contribution in [0.4, 0.5) is 8.78 Å². The van der Waals surface area contributed by atoms with Gasteiger partial charge in [0.1, 0.15) is 11.6 Å². The van der Waals surface area contributed by atoms with Crippen molar-refractivity contribution < 1.29 is 17.2 Å². The predicted molar refractivity (Wildman–Crippen MR) is 84.5 cm³/mol. The van der Waals surface area contributed by atoms with Crippen LogP contribution in [-0.4, -0.2) is 50.1 Å². The lowest BCUT2D eigenvalue weighted by Gasteiger charge is -2.36. The van der Waals surface area contributed by atoms with E-state index in [1.807, 2.05) is 0 Å². The van der Waals surface area contributed by atoms with Crippen LogP contribution in [0.2, 0.25) is 0 Å². The Labute approximate surface area is 136 Å². The second kappa shape index (κ2) is 6.45. The summed E-state index contributed by atoms with van der Waals surface area (Å²) in [5, 5.41) is 0. The van der Waals surface area contributed by atoms with E-state index >= 15 is 0 Å². The van der Waals surface area contributed by atoms with E-state index in [1.54, 1.807) is 4.31 Å². The fourth-order valence-corrected chi connectivity index (χ4v) is 4.61. The van der Waals surface area contributed by atoms with Crippen molar-refractivity contribution in [3.63, 3.8) is 0 Å². The Bertz CT molecular complexity index is 694. The molecule has 0 spiro atoms. The van der Waals surface area contributed by atoms with Gasteiger partial charge in [0.15, 0.2) is 0 Å². The number of hydrogen-bond acceptors (Lipinski definition) is 3. The molecule has 2 aliphatic heterocycles. The highest BCUT2D eigenvalue weighted by atomic mass is 32.2. The maximum absolute atomic E-state index is 13.8. The van der Waals surface area contributed by atoms with Gasteiger partial charge in [-0.25, -0.2) is 21.5 Å². The summed E-state index contributed by atoms with van der Waals surface area (Å²) in [6, 6.07) is 2.36. The van der Waals surface area contributed by atoms with E-state index in [2.05, 4.69) is 4.90 Å². The maximum Gasteiger partial charge on any atom is 0.211 e. The minimum atomic E-state index is -3.14. The highest BCUT2D eigenvalue weighted by molar-refractivity contribution is 7.88. The van der Waals surface area contributed by atoms with Gasteiger partial charge in [0.05, 0.1) is 6.26 Å².